The predicted molar refractivity (Wildman–Crippen MR) is 72.9 cm³/mol. The van der Waals surface area contributed by atoms with Crippen LogP contribution >= 0.6 is 11.6 Å². The second-order valence-corrected chi connectivity index (χ2v) is 4.20. The standard InChI is InChI=1S/C11H8ClF2N5O2/c1-15-10-9(19(20)21)11(17-4-16-10)18-8-6(12)2-5(13)3-7(8)14/h2-4H,1H3,(H2,15,16,17,18). The van der Waals surface area contributed by atoms with Gasteiger partial charge in [-0.25, -0.2) is 18.7 Å². The van der Waals surface area contributed by atoms with Gasteiger partial charge in [0.25, 0.3) is 0 Å². The van der Waals surface area contributed by atoms with Crippen molar-refractivity contribution in [2.24, 2.45) is 0 Å². The van der Waals surface area contributed by atoms with E-state index in [1.54, 1.807) is 0 Å². The lowest BCUT2D eigenvalue weighted by atomic mass is 10.3. The molecule has 21 heavy (non-hydrogen) atoms. The van der Waals surface area contributed by atoms with Crippen LogP contribution in [0.15, 0.2) is 18.5 Å². The number of nitrogens with one attached hydrogen (secondary N) is 2. The van der Waals surface area contributed by atoms with Crippen LogP contribution in [0.1, 0.15) is 0 Å². The largest absolute Gasteiger partial charge is 0.367 e. The van der Waals surface area contributed by atoms with Crippen molar-refractivity contribution in [2.45, 2.75) is 0 Å². The normalized spacial score (nSPS) is 10.3. The average Bonchev–Trinajstić information content (AvgIpc) is 2.42. The number of rotatable bonds is 4. The summed E-state index contributed by atoms with van der Waals surface area (Å²) in [5.41, 5.74) is -0.804. The molecule has 2 aromatic rings. The fourth-order valence-electron chi connectivity index (χ4n) is 1.61. The van der Waals surface area contributed by atoms with Crippen LogP contribution in [0.3, 0.4) is 0 Å². The Labute approximate surface area is 122 Å². The molecule has 2 N–H and O–H groups in total. The van der Waals surface area contributed by atoms with Gasteiger partial charge in [-0.05, 0) is 6.07 Å². The van der Waals surface area contributed by atoms with Crippen molar-refractivity contribution in [1.29, 1.82) is 0 Å². The molecule has 7 nitrogen and oxygen atoms in total. The quantitative estimate of drug-likeness (QED) is 0.665. The number of aromatic nitrogens is 2. The first-order valence-electron chi connectivity index (χ1n) is 5.52. The van der Waals surface area contributed by atoms with E-state index in [4.69, 9.17) is 11.6 Å². The number of hydrogen-bond donors (Lipinski definition) is 2. The highest BCUT2D eigenvalue weighted by molar-refractivity contribution is 6.33. The van der Waals surface area contributed by atoms with Crippen LogP contribution < -0.4 is 10.6 Å². The summed E-state index contributed by atoms with van der Waals surface area (Å²) in [6, 6.07) is 1.47. The highest BCUT2D eigenvalue weighted by Gasteiger charge is 2.24. The van der Waals surface area contributed by atoms with E-state index in [9.17, 15) is 18.9 Å². The van der Waals surface area contributed by atoms with E-state index in [0.717, 1.165) is 12.4 Å². The number of benzene rings is 1. The monoisotopic (exact) mass is 315 g/mol. The Morgan fingerprint density at radius 2 is 1.95 bits per heavy atom. The number of nitro groups is 1. The third kappa shape index (κ3) is 2.97. The molecule has 1 aromatic heterocycles. The molecular weight excluding hydrogens is 308 g/mol. The molecule has 0 aliphatic heterocycles. The molecule has 10 heteroatoms. The zero-order valence-corrected chi connectivity index (χ0v) is 11.3. The van der Waals surface area contributed by atoms with Crippen LogP contribution in [0, 0.1) is 21.7 Å². The van der Waals surface area contributed by atoms with Crippen molar-refractivity contribution in [3.8, 4) is 0 Å². The molecule has 0 aliphatic carbocycles. The smallest absolute Gasteiger partial charge is 0.353 e. The van der Waals surface area contributed by atoms with Gasteiger partial charge >= 0.3 is 5.69 Å². The van der Waals surface area contributed by atoms with Gasteiger partial charge in [0.2, 0.25) is 11.6 Å². The average molecular weight is 316 g/mol. The summed E-state index contributed by atoms with van der Waals surface area (Å²) in [5, 5.41) is 15.7. The van der Waals surface area contributed by atoms with Crippen molar-refractivity contribution in [1.82, 2.24) is 9.97 Å². The van der Waals surface area contributed by atoms with E-state index in [1.165, 1.54) is 7.05 Å². The Bertz CT molecular complexity index is 690. The van der Waals surface area contributed by atoms with Crippen molar-refractivity contribution in [2.75, 3.05) is 17.7 Å². The lowest BCUT2D eigenvalue weighted by molar-refractivity contribution is -0.383. The first-order valence-corrected chi connectivity index (χ1v) is 5.90. The highest BCUT2D eigenvalue weighted by atomic mass is 35.5. The molecule has 2 rings (SSSR count). The van der Waals surface area contributed by atoms with Gasteiger partial charge in [-0.3, -0.25) is 10.1 Å². The molecule has 0 saturated heterocycles. The van der Waals surface area contributed by atoms with Crippen LogP contribution in [0.5, 0.6) is 0 Å². The Morgan fingerprint density at radius 1 is 1.29 bits per heavy atom. The summed E-state index contributed by atoms with van der Waals surface area (Å²) in [6.45, 7) is 0. The van der Waals surface area contributed by atoms with Crippen LogP contribution in [-0.2, 0) is 0 Å². The summed E-state index contributed by atoms with van der Waals surface area (Å²) < 4.78 is 26.7. The lowest BCUT2D eigenvalue weighted by Gasteiger charge is -2.10. The molecule has 0 atom stereocenters. The summed E-state index contributed by atoms with van der Waals surface area (Å²) in [7, 11) is 1.44. The maximum absolute atomic E-state index is 13.7. The van der Waals surface area contributed by atoms with E-state index >= 15 is 0 Å². The summed E-state index contributed by atoms with van der Waals surface area (Å²) in [4.78, 5) is 17.7. The molecule has 0 aliphatic rings. The van der Waals surface area contributed by atoms with Crippen LogP contribution in [0.25, 0.3) is 0 Å². The maximum Gasteiger partial charge on any atom is 0.353 e. The molecule has 1 heterocycles. The molecular formula is C11H8ClF2N5O2. The van der Waals surface area contributed by atoms with E-state index in [1.807, 2.05) is 0 Å². The second-order valence-electron chi connectivity index (χ2n) is 3.80. The first kappa shape index (κ1) is 14.9. The summed E-state index contributed by atoms with van der Waals surface area (Å²) in [6.07, 6.45) is 1.05. The van der Waals surface area contributed by atoms with Gasteiger partial charge in [0.1, 0.15) is 12.1 Å². The first-order chi connectivity index (χ1) is 9.93. The molecule has 0 spiro atoms. The van der Waals surface area contributed by atoms with Gasteiger partial charge in [-0.1, -0.05) is 11.6 Å². The maximum atomic E-state index is 13.7. The third-order valence-electron chi connectivity index (χ3n) is 2.49. The summed E-state index contributed by atoms with van der Waals surface area (Å²) in [5.74, 6) is -2.20. The number of anilines is 3. The minimum absolute atomic E-state index is 0.0591. The van der Waals surface area contributed by atoms with Crippen LogP contribution in [-0.4, -0.2) is 21.9 Å². The minimum Gasteiger partial charge on any atom is -0.367 e. The lowest BCUT2D eigenvalue weighted by Crippen LogP contribution is -2.06. The molecule has 110 valence electrons. The predicted octanol–water partition coefficient (Wildman–Crippen LogP) is 3.10. The van der Waals surface area contributed by atoms with Gasteiger partial charge in [0, 0.05) is 13.1 Å². The SMILES string of the molecule is CNc1ncnc(Nc2c(F)cc(F)cc2Cl)c1[N+](=O)[O-]. The molecule has 0 saturated carbocycles. The van der Waals surface area contributed by atoms with E-state index in [-0.39, 0.29) is 22.3 Å². The Kier molecular flexibility index (Phi) is 4.13. The molecule has 0 radical (unpaired) electrons. The molecule has 1 aromatic carbocycles. The number of halogens is 3. The van der Waals surface area contributed by atoms with Crippen molar-refractivity contribution in [3.63, 3.8) is 0 Å². The van der Waals surface area contributed by atoms with Crippen molar-refractivity contribution < 1.29 is 13.7 Å². The summed E-state index contributed by atoms with van der Waals surface area (Å²) >= 11 is 5.72. The van der Waals surface area contributed by atoms with E-state index in [0.29, 0.717) is 6.07 Å². The minimum atomic E-state index is -1.00. The fourth-order valence-corrected chi connectivity index (χ4v) is 1.85. The van der Waals surface area contributed by atoms with Crippen LogP contribution in [0.2, 0.25) is 5.02 Å². The zero-order chi connectivity index (χ0) is 15.6. The van der Waals surface area contributed by atoms with Gasteiger partial charge in [0.05, 0.1) is 15.6 Å². The van der Waals surface area contributed by atoms with E-state index in [2.05, 4.69) is 20.6 Å². The fraction of sp³-hybridized carbons (Fsp3) is 0.0909. The molecule has 0 bridgehead atoms. The van der Waals surface area contributed by atoms with Gasteiger partial charge in [-0.2, -0.15) is 0 Å². The molecule has 0 amide bonds. The number of nitrogens with zero attached hydrogens (tertiary/aromatic N) is 3. The Hall–Kier alpha value is -2.55. The highest BCUT2D eigenvalue weighted by Crippen LogP contribution is 2.34. The van der Waals surface area contributed by atoms with Crippen molar-refractivity contribution >= 4 is 34.6 Å². The zero-order valence-electron chi connectivity index (χ0n) is 10.5. The number of hydrogen-bond acceptors (Lipinski definition) is 6. The van der Waals surface area contributed by atoms with Gasteiger partial charge in [-0.15, -0.1) is 0 Å². The van der Waals surface area contributed by atoms with Gasteiger partial charge in [0.15, 0.2) is 5.82 Å². The third-order valence-corrected chi connectivity index (χ3v) is 2.79. The second kappa shape index (κ2) is 5.83. The Balaban J connectivity index is 2.52. The van der Waals surface area contributed by atoms with Gasteiger partial charge < -0.3 is 10.6 Å². The van der Waals surface area contributed by atoms with Crippen molar-refractivity contribution in [3.05, 3.63) is 45.2 Å². The Morgan fingerprint density at radius 3 is 2.52 bits per heavy atom. The topological polar surface area (TPSA) is 93.0 Å². The van der Waals surface area contributed by atoms with Crippen LogP contribution in [0.4, 0.5) is 31.8 Å². The molecule has 0 fully saturated rings. The van der Waals surface area contributed by atoms with E-state index < -0.39 is 22.2 Å². The molecule has 0 unspecified atom stereocenters.